The molecule has 1 saturated carbocycles. The number of aliphatic hydroxyl groups excluding tert-OH is 1. The van der Waals surface area contributed by atoms with Crippen LogP contribution < -0.4 is 10.6 Å². The number of benzene rings is 1. The summed E-state index contributed by atoms with van der Waals surface area (Å²) in [6.45, 7) is 0.263. The van der Waals surface area contributed by atoms with E-state index in [4.69, 9.17) is 11.6 Å². The fourth-order valence-electron chi connectivity index (χ4n) is 3.25. The van der Waals surface area contributed by atoms with Gasteiger partial charge >= 0.3 is 0 Å². The number of nitrogens with one attached hydrogen (secondary N) is 2. The average Bonchev–Trinajstić information content (AvgIpc) is 3.07. The second kappa shape index (κ2) is 7.92. The van der Waals surface area contributed by atoms with Crippen LogP contribution in [0.15, 0.2) is 24.5 Å². The SMILES string of the molecule is O[C@H]1CCCC[C@@H]1Nc1nc2ccc(CNc3cncc(Cl)n3)c(F)c2s1. The highest BCUT2D eigenvalue weighted by molar-refractivity contribution is 7.22. The van der Waals surface area contributed by atoms with Crippen LogP contribution in [0.5, 0.6) is 0 Å². The van der Waals surface area contributed by atoms with Crippen molar-refractivity contribution in [3.05, 3.63) is 41.1 Å². The summed E-state index contributed by atoms with van der Waals surface area (Å²) in [5.41, 5.74) is 1.12. The lowest BCUT2D eigenvalue weighted by atomic mass is 9.93. The van der Waals surface area contributed by atoms with Crippen LogP contribution in [0.2, 0.25) is 5.15 Å². The van der Waals surface area contributed by atoms with Gasteiger partial charge in [0.15, 0.2) is 5.13 Å². The molecule has 2 atom stereocenters. The van der Waals surface area contributed by atoms with Gasteiger partial charge in [-0.1, -0.05) is 41.8 Å². The number of aromatic nitrogens is 3. The van der Waals surface area contributed by atoms with Crippen LogP contribution >= 0.6 is 22.9 Å². The van der Waals surface area contributed by atoms with E-state index in [0.29, 0.717) is 26.7 Å². The quantitative estimate of drug-likeness (QED) is 0.587. The van der Waals surface area contributed by atoms with Crippen molar-refractivity contribution in [2.24, 2.45) is 0 Å². The summed E-state index contributed by atoms with van der Waals surface area (Å²) in [6.07, 6.45) is 6.40. The Hall–Kier alpha value is -2.03. The molecule has 0 saturated heterocycles. The van der Waals surface area contributed by atoms with Gasteiger partial charge in [0.25, 0.3) is 0 Å². The average molecular weight is 408 g/mol. The molecule has 4 rings (SSSR count). The number of hydrogen-bond acceptors (Lipinski definition) is 7. The Morgan fingerprint density at radius 1 is 1.22 bits per heavy atom. The largest absolute Gasteiger partial charge is 0.391 e. The fraction of sp³-hybridized carbons (Fsp3) is 0.389. The van der Waals surface area contributed by atoms with Crippen molar-refractivity contribution < 1.29 is 9.50 Å². The summed E-state index contributed by atoms with van der Waals surface area (Å²) in [7, 11) is 0. The maximum atomic E-state index is 14.9. The minimum atomic E-state index is -0.380. The van der Waals surface area contributed by atoms with Gasteiger partial charge in [-0.05, 0) is 18.9 Å². The summed E-state index contributed by atoms with van der Waals surface area (Å²) in [5, 5.41) is 17.3. The molecule has 2 aromatic heterocycles. The first kappa shape index (κ1) is 18.3. The summed E-state index contributed by atoms with van der Waals surface area (Å²) >= 11 is 7.08. The number of fused-ring (bicyclic) bond motifs is 1. The van der Waals surface area contributed by atoms with Gasteiger partial charge in [-0.15, -0.1) is 0 Å². The van der Waals surface area contributed by atoms with E-state index in [9.17, 15) is 9.50 Å². The van der Waals surface area contributed by atoms with Crippen molar-refractivity contribution in [1.82, 2.24) is 15.0 Å². The van der Waals surface area contributed by atoms with Crippen molar-refractivity contribution in [3.8, 4) is 0 Å². The molecule has 2 heterocycles. The van der Waals surface area contributed by atoms with Gasteiger partial charge in [-0.25, -0.2) is 14.4 Å². The molecular formula is C18H19ClFN5OS. The van der Waals surface area contributed by atoms with Gasteiger partial charge in [-0.2, -0.15) is 0 Å². The van der Waals surface area contributed by atoms with Gasteiger partial charge in [0, 0.05) is 12.1 Å². The second-order valence-corrected chi connectivity index (χ2v) is 7.98. The molecule has 0 radical (unpaired) electrons. The lowest BCUT2D eigenvalue weighted by Crippen LogP contribution is -2.36. The normalized spacial score (nSPS) is 20.0. The summed E-state index contributed by atoms with van der Waals surface area (Å²) in [4.78, 5) is 12.5. The maximum absolute atomic E-state index is 14.9. The molecule has 1 aliphatic rings. The highest BCUT2D eigenvalue weighted by Gasteiger charge is 2.24. The molecule has 0 unspecified atom stereocenters. The van der Waals surface area contributed by atoms with Gasteiger partial charge < -0.3 is 15.7 Å². The Kier molecular flexibility index (Phi) is 5.38. The topological polar surface area (TPSA) is 83.0 Å². The van der Waals surface area contributed by atoms with Gasteiger partial charge in [0.05, 0.1) is 34.8 Å². The van der Waals surface area contributed by atoms with E-state index in [0.717, 1.165) is 25.7 Å². The first-order valence-electron chi connectivity index (χ1n) is 8.84. The molecule has 1 fully saturated rings. The molecule has 0 bridgehead atoms. The number of aliphatic hydroxyl groups is 1. The number of hydrogen-bond donors (Lipinski definition) is 3. The van der Waals surface area contributed by atoms with E-state index in [-0.39, 0.29) is 29.7 Å². The van der Waals surface area contributed by atoms with Crippen LogP contribution in [-0.4, -0.2) is 32.2 Å². The standard InChI is InChI=1S/C18H19ClFN5OS/c19-14-8-21-9-15(25-14)22-7-10-5-6-12-17(16(10)20)27-18(24-12)23-11-3-1-2-4-13(11)26/h5-6,8-9,11,13,26H,1-4,7H2,(H,22,25)(H,23,24)/t11-,13-/m0/s1. The Morgan fingerprint density at radius 2 is 2.07 bits per heavy atom. The zero-order chi connectivity index (χ0) is 18.8. The zero-order valence-corrected chi connectivity index (χ0v) is 16.0. The Labute approximate surface area is 164 Å². The fourth-order valence-corrected chi connectivity index (χ4v) is 4.38. The molecule has 27 heavy (non-hydrogen) atoms. The predicted octanol–water partition coefficient (Wildman–Crippen LogP) is 4.21. The highest BCUT2D eigenvalue weighted by atomic mass is 35.5. The maximum Gasteiger partial charge on any atom is 0.184 e. The first-order chi connectivity index (χ1) is 13.1. The van der Waals surface area contributed by atoms with Crippen molar-refractivity contribution in [1.29, 1.82) is 0 Å². The van der Waals surface area contributed by atoms with E-state index in [1.54, 1.807) is 12.1 Å². The van der Waals surface area contributed by atoms with Crippen molar-refractivity contribution >= 4 is 44.1 Å². The highest BCUT2D eigenvalue weighted by Crippen LogP contribution is 2.32. The Morgan fingerprint density at radius 3 is 2.89 bits per heavy atom. The van der Waals surface area contributed by atoms with E-state index in [1.165, 1.54) is 23.7 Å². The van der Waals surface area contributed by atoms with Crippen LogP contribution in [-0.2, 0) is 6.54 Å². The molecule has 9 heteroatoms. The molecule has 3 N–H and O–H groups in total. The third-order valence-corrected chi connectivity index (χ3v) is 5.86. The number of halogens is 2. The van der Waals surface area contributed by atoms with E-state index in [1.807, 2.05) is 0 Å². The summed E-state index contributed by atoms with van der Waals surface area (Å²) < 4.78 is 15.4. The molecule has 142 valence electrons. The molecular weight excluding hydrogens is 389 g/mol. The predicted molar refractivity (Wildman–Crippen MR) is 106 cm³/mol. The lowest BCUT2D eigenvalue weighted by Gasteiger charge is -2.27. The van der Waals surface area contributed by atoms with E-state index < -0.39 is 0 Å². The van der Waals surface area contributed by atoms with Crippen LogP contribution in [0.25, 0.3) is 10.2 Å². The molecule has 0 aliphatic heterocycles. The summed E-state index contributed by atoms with van der Waals surface area (Å²) in [6, 6.07) is 3.49. The second-order valence-electron chi connectivity index (χ2n) is 6.59. The van der Waals surface area contributed by atoms with Crippen LogP contribution in [0, 0.1) is 5.82 Å². The summed E-state index contributed by atoms with van der Waals surface area (Å²) in [5.74, 6) is 0.185. The van der Waals surface area contributed by atoms with Crippen LogP contribution in [0.4, 0.5) is 15.3 Å². The smallest absolute Gasteiger partial charge is 0.184 e. The number of rotatable bonds is 5. The molecule has 0 spiro atoms. The van der Waals surface area contributed by atoms with Gasteiger partial charge in [0.1, 0.15) is 16.8 Å². The van der Waals surface area contributed by atoms with Crippen LogP contribution in [0.1, 0.15) is 31.2 Å². The third-order valence-electron chi connectivity index (χ3n) is 4.68. The van der Waals surface area contributed by atoms with Crippen molar-refractivity contribution in [2.75, 3.05) is 10.6 Å². The first-order valence-corrected chi connectivity index (χ1v) is 10.0. The minimum absolute atomic E-state index is 0.0232. The van der Waals surface area contributed by atoms with Crippen molar-refractivity contribution in [2.45, 2.75) is 44.4 Å². The lowest BCUT2D eigenvalue weighted by molar-refractivity contribution is 0.116. The van der Waals surface area contributed by atoms with Crippen LogP contribution in [0.3, 0.4) is 0 Å². The van der Waals surface area contributed by atoms with E-state index in [2.05, 4.69) is 25.6 Å². The Bertz CT molecular complexity index is 953. The number of nitrogens with zero attached hydrogens (tertiary/aromatic N) is 3. The molecule has 0 amide bonds. The van der Waals surface area contributed by atoms with E-state index >= 15 is 0 Å². The van der Waals surface area contributed by atoms with Gasteiger partial charge in [-0.3, -0.25) is 4.98 Å². The zero-order valence-electron chi connectivity index (χ0n) is 14.5. The minimum Gasteiger partial charge on any atom is -0.391 e. The molecule has 3 aromatic rings. The third kappa shape index (κ3) is 4.12. The molecule has 6 nitrogen and oxygen atoms in total. The Balaban J connectivity index is 1.51. The van der Waals surface area contributed by atoms with Crippen molar-refractivity contribution in [3.63, 3.8) is 0 Å². The van der Waals surface area contributed by atoms with Gasteiger partial charge in [0.2, 0.25) is 0 Å². The number of thiazole rings is 1. The number of anilines is 2. The molecule has 1 aliphatic carbocycles. The molecule has 1 aromatic carbocycles. The monoisotopic (exact) mass is 407 g/mol.